The van der Waals surface area contributed by atoms with Crippen LogP contribution in [0, 0.1) is 12.8 Å². The SMILES string of the molecule is COC1(c2cncc(-c3cc(C)cc(Nc4nccc(C(F)(F)F)n4)c3)c2)CCC(C(=O)O)C1. The van der Waals surface area contributed by atoms with Crippen LogP contribution in [0.3, 0.4) is 0 Å². The lowest BCUT2D eigenvalue weighted by molar-refractivity contribution is -0.142. The average molecular weight is 472 g/mol. The summed E-state index contributed by atoms with van der Waals surface area (Å²) in [6, 6.07) is 8.20. The minimum Gasteiger partial charge on any atom is -0.481 e. The molecule has 0 aliphatic heterocycles. The van der Waals surface area contributed by atoms with Gasteiger partial charge in [0, 0.05) is 42.5 Å². The van der Waals surface area contributed by atoms with Crippen molar-refractivity contribution in [2.75, 3.05) is 12.4 Å². The third-order valence-electron chi connectivity index (χ3n) is 6.09. The van der Waals surface area contributed by atoms with Gasteiger partial charge in [0.05, 0.1) is 11.5 Å². The Bertz CT molecular complexity index is 1220. The largest absolute Gasteiger partial charge is 0.481 e. The third kappa shape index (κ3) is 4.86. The minimum atomic E-state index is -4.57. The third-order valence-corrected chi connectivity index (χ3v) is 6.09. The molecule has 0 spiro atoms. The highest BCUT2D eigenvalue weighted by Gasteiger charge is 2.44. The number of hydrogen-bond donors (Lipinski definition) is 2. The second-order valence-electron chi connectivity index (χ2n) is 8.41. The number of anilines is 2. The van der Waals surface area contributed by atoms with Crippen LogP contribution in [0.4, 0.5) is 24.8 Å². The number of rotatable bonds is 6. The average Bonchev–Trinajstić information content (AvgIpc) is 3.25. The summed E-state index contributed by atoms with van der Waals surface area (Å²) in [6.07, 6.45) is 1.29. The maximum Gasteiger partial charge on any atom is 0.433 e. The molecule has 2 unspecified atom stereocenters. The first-order valence-corrected chi connectivity index (χ1v) is 10.6. The van der Waals surface area contributed by atoms with E-state index in [0.29, 0.717) is 24.9 Å². The van der Waals surface area contributed by atoms with E-state index in [4.69, 9.17) is 4.74 Å². The number of pyridine rings is 1. The van der Waals surface area contributed by atoms with E-state index in [1.54, 1.807) is 31.6 Å². The summed E-state index contributed by atoms with van der Waals surface area (Å²) in [7, 11) is 1.57. The lowest BCUT2D eigenvalue weighted by atomic mass is 9.90. The number of benzene rings is 1. The molecule has 2 heterocycles. The van der Waals surface area contributed by atoms with E-state index >= 15 is 0 Å². The Morgan fingerprint density at radius 3 is 2.68 bits per heavy atom. The summed E-state index contributed by atoms with van der Waals surface area (Å²) in [5.74, 6) is -1.48. The Morgan fingerprint density at radius 1 is 1.21 bits per heavy atom. The molecule has 2 N–H and O–H groups in total. The van der Waals surface area contributed by atoms with Crippen LogP contribution in [0.1, 0.15) is 36.1 Å². The van der Waals surface area contributed by atoms with Crippen LogP contribution in [0.2, 0.25) is 0 Å². The molecular weight excluding hydrogens is 449 g/mol. The van der Waals surface area contributed by atoms with Gasteiger partial charge in [0.2, 0.25) is 5.95 Å². The Labute approximate surface area is 194 Å². The summed E-state index contributed by atoms with van der Waals surface area (Å²) in [6.45, 7) is 1.87. The number of aliphatic carboxylic acids is 1. The number of carbonyl (C=O) groups is 1. The number of carboxylic acid groups (broad SMARTS) is 1. The van der Waals surface area contributed by atoms with E-state index in [9.17, 15) is 23.1 Å². The van der Waals surface area contributed by atoms with Crippen LogP contribution in [0.5, 0.6) is 0 Å². The standard InChI is InChI=1S/C24H23F3N4O3/c1-14-7-16(10-19(8-14)30-22-29-6-4-20(31-22)24(25,26)27)17-9-18(13-28-12-17)23(34-2)5-3-15(11-23)21(32)33/h4,6-10,12-13,15H,3,5,11H2,1-2H3,(H,32,33)(H,29,30,31). The smallest absolute Gasteiger partial charge is 0.433 e. The number of carboxylic acids is 1. The monoisotopic (exact) mass is 472 g/mol. The molecule has 2 atom stereocenters. The number of aromatic nitrogens is 3. The lowest BCUT2D eigenvalue weighted by Crippen LogP contribution is -2.26. The molecule has 178 valence electrons. The van der Waals surface area contributed by atoms with Crippen molar-refractivity contribution >= 4 is 17.6 Å². The van der Waals surface area contributed by atoms with Crippen molar-refractivity contribution in [1.82, 2.24) is 15.0 Å². The summed E-state index contributed by atoms with van der Waals surface area (Å²) in [5, 5.41) is 12.3. The van der Waals surface area contributed by atoms with Gasteiger partial charge in [0.1, 0.15) is 5.69 Å². The van der Waals surface area contributed by atoms with Crippen LogP contribution >= 0.6 is 0 Å². The minimum absolute atomic E-state index is 0.165. The molecule has 0 radical (unpaired) electrons. The number of ether oxygens (including phenoxy) is 1. The Kier molecular flexibility index (Phi) is 6.26. The molecule has 1 saturated carbocycles. The quantitative estimate of drug-likeness (QED) is 0.500. The van der Waals surface area contributed by atoms with Crippen molar-refractivity contribution in [3.63, 3.8) is 0 Å². The lowest BCUT2D eigenvalue weighted by Gasteiger charge is -2.28. The van der Waals surface area contributed by atoms with Crippen LogP contribution in [-0.4, -0.2) is 33.1 Å². The van der Waals surface area contributed by atoms with Gasteiger partial charge in [-0.05, 0) is 61.6 Å². The fraction of sp³-hybridized carbons (Fsp3) is 0.333. The number of aryl methyl sites for hydroxylation is 1. The predicted molar refractivity (Wildman–Crippen MR) is 118 cm³/mol. The van der Waals surface area contributed by atoms with Crippen molar-refractivity contribution < 1.29 is 27.8 Å². The van der Waals surface area contributed by atoms with E-state index in [0.717, 1.165) is 34.5 Å². The number of halogens is 3. The molecule has 1 fully saturated rings. The van der Waals surface area contributed by atoms with Gasteiger partial charge >= 0.3 is 12.1 Å². The Balaban J connectivity index is 1.65. The molecule has 0 bridgehead atoms. The number of hydrogen-bond acceptors (Lipinski definition) is 6. The molecule has 1 aliphatic carbocycles. The molecule has 1 aliphatic rings. The van der Waals surface area contributed by atoms with Crippen molar-refractivity contribution in [3.8, 4) is 11.1 Å². The molecule has 4 rings (SSSR count). The molecular formula is C24H23F3N4O3. The fourth-order valence-electron chi connectivity index (χ4n) is 4.36. The zero-order valence-corrected chi connectivity index (χ0v) is 18.6. The number of nitrogens with zero attached hydrogens (tertiary/aromatic N) is 3. The number of methoxy groups -OCH3 is 1. The van der Waals surface area contributed by atoms with Crippen LogP contribution in [-0.2, 0) is 21.3 Å². The van der Waals surface area contributed by atoms with Gasteiger partial charge in [-0.15, -0.1) is 0 Å². The highest BCUT2D eigenvalue weighted by molar-refractivity contribution is 5.72. The highest BCUT2D eigenvalue weighted by Crippen LogP contribution is 2.45. The van der Waals surface area contributed by atoms with Crippen molar-refractivity contribution in [2.24, 2.45) is 5.92 Å². The molecule has 3 aromatic rings. The maximum absolute atomic E-state index is 13.0. The first-order valence-electron chi connectivity index (χ1n) is 10.6. The molecule has 10 heteroatoms. The number of nitrogens with one attached hydrogen (secondary N) is 1. The van der Waals surface area contributed by atoms with Crippen molar-refractivity contribution in [3.05, 3.63) is 65.7 Å². The Hall–Kier alpha value is -3.53. The second kappa shape index (κ2) is 9.02. The van der Waals surface area contributed by atoms with Gasteiger partial charge in [0.25, 0.3) is 0 Å². The summed E-state index contributed by atoms with van der Waals surface area (Å²) in [5.41, 5.74) is 1.96. The van der Waals surface area contributed by atoms with Gasteiger partial charge < -0.3 is 15.2 Å². The zero-order chi connectivity index (χ0) is 24.5. The molecule has 0 saturated heterocycles. The van der Waals surface area contributed by atoms with E-state index in [-0.39, 0.29) is 5.95 Å². The zero-order valence-electron chi connectivity index (χ0n) is 18.6. The van der Waals surface area contributed by atoms with Gasteiger partial charge in [-0.3, -0.25) is 9.78 Å². The molecule has 2 aromatic heterocycles. The van der Waals surface area contributed by atoms with Crippen LogP contribution < -0.4 is 5.32 Å². The summed E-state index contributed by atoms with van der Waals surface area (Å²) >= 11 is 0. The highest BCUT2D eigenvalue weighted by atomic mass is 19.4. The second-order valence-corrected chi connectivity index (χ2v) is 8.41. The molecule has 7 nitrogen and oxygen atoms in total. The van der Waals surface area contributed by atoms with Gasteiger partial charge in [-0.2, -0.15) is 13.2 Å². The maximum atomic E-state index is 13.0. The van der Waals surface area contributed by atoms with Gasteiger partial charge in [-0.1, -0.05) is 6.07 Å². The van der Waals surface area contributed by atoms with E-state index in [1.165, 1.54) is 0 Å². The van der Waals surface area contributed by atoms with E-state index in [2.05, 4.69) is 20.3 Å². The number of alkyl halides is 3. The summed E-state index contributed by atoms with van der Waals surface area (Å²) < 4.78 is 44.7. The van der Waals surface area contributed by atoms with Gasteiger partial charge in [-0.25, -0.2) is 9.97 Å². The predicted octanol–water partition coefficient (Wildman–Crippen LogP) is 5.34. The molecule has 1 aromatic carbocycles. The van der Waals surface area contributed by atoms with Gasteiger partial charge in [0.15, 0.2) is 0 Å². The first kappa shape index (κ1) is 23.6. The fourth-order valence-corrected chi connectivity index (χ4v) is 4.36. The first-order chi connectivity index (χ1) is 16.1. The normalized spacial score (nSPS) is 20.3. The summed E-state index contributed by atoms with van der Waals surface area (Å²) in [4.78, 5) is 23.3. The van der Waals surface area contributed by atoms with E-state index in [1.807, 2.05) is 19.1 Å². The Morgan fingerprint density at radius 2 is 2.00 bits per heavy atom. The van der Waals surface area contributed by atoms with Crippen molar-refractivity contribution in [2.45, 2.75) is 38.0 Å². The topological polar surface area (TPSA) is 97.2 Å². The molecule has 0 amide bonds. The van der Waals surface area contributed by atoms with E-state index < -0.39 is 29.4 Å². The van der Waals surface area contributed by atoms with Crippen LogP contribution in [0.25, 0.3) is 11.1 Å². The van der Waals surface area contributed by atoms with Crippen LogP contribution in [0.15, 0.2) is 48.9 Å². The molecule has 34 heavy (non-hydrogen) atoms. The van der Waals surface area contributed by atoms with Crippen molar-refractivity contribution in [1.29, 1.82) is 0 Å².